The molecule has 5 nitrogen and oxygen atoms in total. The summed E-state index contributed by atoms with van der Waals surface area (Å²) in [5.74, 6) is -0.00500. The number of likely N-dealkylation sites (N-methyl/N-ethyl adjacent to an activating group) is 1. The second kappa shape index (κ2) is 7.41. The number of hydrogen-bond donors (Lipinski definition) is 1. The first kappa shape index (κ1) is 15.0. The molecule has 0 bridgehead atoms. The molecule has 0 aliphatic heterocycles. The van der Waals surface area contributed by atoms with Crippen molar-refractivity contribution in [1.29, 1.82) is 0 Å². The lowest BCUT2D eigenvalue weighted by Gasteiger charge is -2.14. The van der Waals surface area contributed by atoms with Crippen LogP contribution in [0.5, 0.6) is 5.75 Å². The monoisotopic (exact) mass is 265 g/mol. The molecule has 1 rings (SSSR count). The van der Waals surface area contributed by atoms with Crippen molar-refractivity contribution < 1.29 is 19.1 Å². The van der Waals surface area contributed by atoms with E-state index < -0.39 is 6.10 Å². The van der Waals surface area contributed by atoms with E-state index in [0.717, 1.165) is 0 Å². The van der Waals surface area contributed by atoms with E-state index in [9.17, 15) is 9.59 Å². The van der Waals surface area contributed by atoms with Crippen LogP contribution >= 0.6 is 0 Å². The average molecular weight is 265 g/mol. The molecule has 1 amide bonds. The highest BCUT2D eigenvalue weighted by atomic mass is 16.5. The summed E-state index contributed by atoms with van der Waals surface area (Å²) in [6, 6.07) is 6.50. The molecule has 1 atom stereocenters. The van der Waals surface area contributed by atoms with Crippen molar-refractivity contribution >= 4 is 11.9 Å². The molecule has 0 spiro atoms. The summed E-state index contributed by atoms with van der Waals surface area (Å²) in [6.07, 6.45) is -0.576. The molecule has 5 heteroatoms. The number of carbonyl (C=O) groups is 2. The fraction of sp³-hybridized carbons (Fsp3) is 0.429. The topological polar surface area (TPSA) is 64.6 Å². The third kappa shape index (κ3) is 4.62. The Balaban J connectivity index is 2.61. The predicted octanol–water partition coefficient (Wildman–Crippen LogP) is 1.77. The first-order chi connectivity index (χ1) is 9.08. The molecule has 0 heterocycles. The molecule has 0 radical (unpaired) electrons. The van der Waals surface area contributed by atoms with Crippen molar-refractivity contribution in [2.75, 3.05) is 13.2 Å². The maximum Gasteiger partial charge on any atom is 0.338 e. The minimum atomic E-state index is -0.576. The first-order valence-corrected chi connectivity index (χ1v) is 6.30. The minimum Gasteiger partial charge on any atom is -0.481 e. The van der Waals surface area contributed by atoms with Gasteiger partial charge in [0.25, 0.3) is 5.91 Å². The van der Waals surface area contributed by atoms with Crippen LogP contribution < -0.4 is 10.1 Å². The predicted molar refractivity (Wildman–Crippen MR) is 71.2 cm³/mol. The lowest BCUT2D eigenvalue weighted by Crippen LogP contribution is -2.36. The Morgan fingerprint density at radius 1 is 1.21 bits per heavy atom. The van der Waals surface area contributed by atoms with Gasteiger partial charge >= 0.3 is 5.97 Å². The van der Waals surface area contributed by atoms with Crippen LogP contribution in [0.2, 0.25) is 0 Å². The van der Waals surface area contributed by atoms with Gasteiger partial charge in [-0.3, -0.25) is 4.79 Å². The highest BCUT2D eigenvalue weighted by Crippen LogP contribution is 2.14. The van der Waals surface area contributed by atoms with Crippen LogP contribution in [0.3, 0.4) is 0 Å². The van der Waals surface area contributed by atoms with Gasteiger partial charge in [-0.05, 0) is 45.0 Å². The molecule has 0 aliphatic rings. The molecule has 0 saturated heterocycles. The molecular weight excluding hydrogens is 246 g/mol. The van der Waals surface area contributed by atoms with Crippen LogP contribution in [0.4, 0.5) is 0 Å². The van der Waals surface area contributed by atoms with Crippen LogP contribution in [0.15, 0.2) is 24.3 Å². The minimum absolute atomic E-state index is 0.169. The Bertz CT molecular complexity index is 428. The number of benzene rings is 1. The lowest BCUT2D eigenvalue weighted by molar-refractivity contribution is -0.127. The van der Waals surface area contributed by atoms with E-state index in [2.05, 4.69) is 5.32 Å². The molecule has 104 valence electrons. The number of esters is 1. The van der Waals surface area contributed by atoms with Crippen molar-refractivity contribution in [3.63, 3.8) is 0 Å². The highest BCUT2D eigenvalue weighted by molar-refractivity contribution is 5.89. The van der Waals surface area contributed by atoms with Gasteiger partial charge in [0.1, 0.15) is 5.75 Å². The molecular formula is C14H19NO4. The van der Waals surface area contributed by atoms with E-state index in [1.54, 1.807) is 38.1 Å². The van der Waals surface area contributed by atoms with E-state index >= 15 is 0 Å². The maximum atomic E-state index is 11.5. The summed E-state index contributed by atoms with van der Waals surface area (Å²) in [5, 5.41) is 2.67. The number of nitrogens with one attached hydrogen (secondary N) is 1. The Kier molecular flexibility index (Phi) is 5.85. The normalized spacial score (nSPS) is 11.5. The van der Waals surface area contributed by atoms with Crippen LogP contribution in [0, 0.1) is 0 Å². The lowest BCUT2D eigenvalue weighted by atomic mass is 10.2. The summed E-state index contributed by atoms with van der Waals surface area (Å²) < 4.78 is 10.3. The van der Waals surface area contributed by atoms with E-state index in [1.165, 1.54) is 0 Å². The zero-order valence-corrected chi connectivity index (χ0v) is 11.4. The third-order valence-corrected chi connectivity index (χ3v) is 2.40. The van der Waals surface area contributed by atoms with Gasteiger partial charge in [-0.15, -0.1) is 0 Å². The van der Waals surface area contributed by atoms with Crippen LogP contribution in [-0.4, -0.2) is 31.1 Å². The van der Waals surface area contributed by atoms with Gasteiger partial charge in [0.15, 0.2) is 6.10 Å². The van der Waals surface area contributed by atoms with Gasteiger partial charge in [-0.25, -0.2) is 4.79 Å². The van der Waals surface area contributed by atoms with E-state index in [1.807, 2.05) is 6.92 Å². The molecule has 0 saturated carbocycles. The Hall–Kier alpha value is -2.04. The van der Waals surface area contributed by atoms with Gasteiger partial charge in [-0.1, -0.05) is 0 Å². The van der Waals surface area contributed by atoms with Gasteiger partial charge in [0.05, 0.1) is 12.2 Å². The van der Waals surface area contributed by atoms with Crippen molar-refractivity contribution in [1.82, 2.24) is 5.32 Å². The molecule has 0 aromatic heterocycles. The number of ether oxygens (including phenoxy) is 2. The van der Waals surface area contributed by atoms with Gasteiger partial charge in [0, 0.05) is 6.54 Å². The average Bonchev–Trinajstić information content (AvgIpc) is 2.40. The van der Waals surface area contributed by atoms with Crippen molar-refractivity contribution in [3.8, 4) is 5.75 Å². The largest absolute Gasteiger partial charge is 0.481 e. The summed E-state index contributed by atoms with van der Waals surface area (Å²) in [4.78, 5) is 22.9. The zero-order chi connectivity index (χ0) is 14.3. The van der Waals surface area contributed by atoms with Crippen LogP contribution in [0.1, 0.15) is 31.1 Å². The van der Waals surface area contributed by atoms with Crippen molar-refractivity contribution in [2.45, 2.75) is 26.9 Å². The van der Waals surface area contributed by atoms with E-state index in [-0.39, 0.29) is 11.9 Å². The van der Waals surface area contributed by atoms with Crippen LogP contribution in [0.25, 0.3) is 0 Å². The molecule has 1 unspecified atom stereocenters. The summed E-state index contributed by atoms with van der Waals surface area (Å²) >= 11 is 0. The third-order valence-electron chi connectivity index (χ3n) is 2.40. The maximum absolute atomic E-state index is 11.5. The van der Waals surface area contributed by atoms with Gasteiger partial charge < -0.3 is 14.8 Å². The van der Waals surface area contributed by atoms with Crippen LogP contribution in [-0.2, 0) is 9.53 Å². The quantitative estimate of drug-likeness (QED) is 0.796. The Morgan fingerprint density at radius 3 is 2.37 bits per heavy atom. The summed E-state index contributed by atoms with van der Waals surface area (Å²) in [6.45, 7) is 6.17. The Morgan fingerprint density at radius 2 is 1.84 bits per heavy atom. The molecule has 0 aliphatic carbocycles. The first-order valence-electron chi connectivity index (χ1n) is 6.30. The second-order valence-electron chi connectivity index (χ2n) is 3.90. The second-order valence-corrected chi connectivity index (χ2v) is 3.90. The van der Waals surface area contributed by atoms with E-state index in [4.69, 9.17) is 9.47 Å². The molecule has 0 fully saturated rings. The molecule has 1 N–H and O–H groups in total. The fourth-order valence-corrected chi connectivity index (χ4v) is 1.46. The number of amides is 1. The van der Waals surface area contributed by atoms with Gasteiger partial charge in [0.2, 0.25) is 0 Å². The number of carbonyl (C=O) groups excluding carboxylic acids is 2. The van der Waals surface area contributed by atoms with E-state index in [0.29, 0.717) is 24.5 Å². The van der Waals surface area contributed by atoms with Crippen molar-refractivity contribution in [3.05, 3.63) is 29.8 Å². The Labute approximate surface area is 112 Å². The number of rotatable bonds is 6. The molecule has 1 aromatic rings. The fourth-order valence-electron chi connectivity index (χ4n) is 1.46. The molecule has 19 heavy (non-hydrogen) atoms. The van der Waals surface area contributed by atoms with Gasteiger partial charge in [-0.2, -0.15) is 0 Å². The summed E-state index contributed by atoms with van der Waals surface area (Å²) in [7, 11) is 0. The summed E-state index contributed by atoms with van der Waals surface area (Å²) in [5.41, 5.74) is 0.458. The standard InChI is InChI=1S/C14H19NO4/c1-4-15-13(16)10(3)19-12-8-6-11(7-9-12)14(17)18-5-2/h6-10H,4-5H2,1-3H3,(H,15,16). The zero-order valence-electron chi connectivity index (χ0n) is 11.4. The SMILES string of the molecule is CCNC(=O)C(C)Oc1ccc(C(=O)OCC)cc1. The number of hydrogen-bond acceptors (Lipinski definition) is 4. The van der Waals surface area contributed by atoms with Crippen molar-refractivity contribution in [2.24, 2.45) is 0 Å². The smallest absolute Gasteiger partial charge is 0.338 e. The molecule has 1 aromatic carbocycles. The highest BCUT2D eigenvalue weighted by Gasteiger charge is 2.13.